The lowest BCUT2D eigenvalue weighted by Crippen LogP contribution is -2.46. The highest BCUT2D eigenvalue weighted by atomic mass is 16.2. The van der Waals surface area contributed by atoms with E-state index in [0.717, 1.165) is 24.9 Å². The Hall–Kier alpha value is -1.84. The van der Waals surface area contributed by atoms with Gasteiger partial charge in [-0.25, -0.2) is 0 Å². The lowest BCUT2D eigenvalue weighted by Gasteiger charge is -2.38. The summed E-state index contributed by atoms with van der Waals surface area (Å²) >= 11 is 0. The highest BCUT2D eigenvalue weighted by Crippen LogP contribution is 2.34. The molecule has 0 aromatic heterocycles. The van der Waals surface area contributed by atoms with Crippen molar-refractivity contribution in [3.63, 3.8) is 0 Å². The first-order valence-electron chi connectivity index (χ1n) is 9.16. The van der Waals surface area contributed by atoms with Crippen LogP contribution < -0.4 is 5.32 Å². The molecule has 0 aliphatic heterocycles. The summed E-state index contributed by atoms with van der Waals surface area (Å²) in [5, 5.41) is 2.96. The molecule has 0 radical (unpaired) electrons. The Labute approximate surface area is 144 Å². The van der Waals surface area contributed by atoms with Crippen molar-refractivity contribution in [2.24, 2.45) is 5.92 Å². The third-order valence-electron chi connectivity index (χ3n) is 5.22. The second-order valence-electron chi connectivity index (χ2n) is 7.44. The van der Waals surface area contributed by atoms with Gasteiger partial charge in [-0.15, -0.1) is 0 Å². The number of benzene rings is 1. The van der Waals surface area contributed by atoms with Crippen LogP contribution in [0.1, 0.15) is 62.6 Å². The van der Waals surface area contributed by atoms with Crippen LogP contribution in [0.15, 0.2) is 24.3 Å². The first-order valence-corrected chi connectivity index (χ1v) is 9.16. The average molecular weight is 328 g/mol. The summed E-state index contributed by atoms with van der Waals surface area (Å²) in [6.07, 6.45) is 6.35. The molecule has 1 N–H and O–H groups in total. The summed E-state index contributed by atoms with van der Waals surface area (Å²) in [4.78, 5) is 26.6. The molecule has 0 bridgehead atoms. The largest absolute Gasteiger partial charge is 0.349 e. The van der Waals surface area contributed by atoms with Gasteiger partial charge in [0.05, 0.1) is 12.5 Å². The fourth-order valence-electron chi connectivity index (χ4n) is 3.32. The predicted molar refractivity (Wildman–Crippen MR) is 94.4 cm³/mol. The number of hydrogen-bond donors (Lipinski definition) is 1. The van der Waals surface area contributed by atoms with Crippen LogP contribution in [0.25, 0.3) is 0 Å². The second kappa shape index (κ2) is 7.37. The summed E-state index contributed by atoms with van der Waals surface area (Å²) in [7, 11) is 0. The maximum atomic E-state index is 12.9. The molecule has 4 nitrogen and oxygen atoms in total. The van der Waals surface area contributed by atoms with Gasteiger partial charge in [0.2, 0.25) is 11.8 Å². The van der Waals surface area contributed by atoms with E-state index in [1.54, 1.807) is 0 Å². The predicted octanol–water partition coefficient (Wildman–Crippen LogP) is 3.35. The number of carbonyl (C=O) groups is 2. The number of amides is 2. The van der Waals surface area contributed by atoms with Gasteiger partial charge in [-0.3, -0.25) is 9.59 Å². The molecule has 0 spiro atoms. The molecule has 1 atom stereocenters. The molecule has 2 aliphatic carbocycles. The number of aryl methyl sites for hydroxylation is 1. The van der Waals surface area contributed by atoms with Crippen molar-refractivity contribution >= 4 is 11.8 Å². The SMILES string of the molecule is CC(=O)N[C@@H](CC(=O)N(CC1CC1)C1CCC1)c1ccc(C)cc1. The van der Waals surface area contributed by atoms with Crippen LogP contribution in [-0.2, 0) is 9.59 Å². The minimum Gasteiger partial charge on any atom is -0.349 e. The van der Waals surface area contributed by atoms with E-state index in [-0.39, 0.29) is 17.9 Å². The maximum absolute atomic E-state index is 12.9. The highest BCUT2D eigenvalue weighted by molar-refractivity contribution is 5.79. The van der Waals surface area contributed by atoms with E-state index in [2.05, 4.69) is 10.2 Å². The summed E-state index contributed by atoms with van der Waals surface area (Å²) in [5.41, 5.74) is 2.18. The zero-order valence-corrected chi connectivity index (χ0v) is 14.8. The Morgan fingerprint density at radius 1 is 1.17 bits per heavy atom. The van der Waals surface area contributed by atoms with E-state index in [4.69, 9.17) is 0 Å². The Bertz CT molecular complexity index is 588. The van der Waals surface area contributed by atoms with Gasteiger partial charge in [0.15, 0.2) is 0 Å². The van der Waals surface area contributed by atoms with Crippen molar-refractivity contribution in [2.45, 2.75) is 64.5 Å². The van der Waals surface area contributed by atoms with E-state index in [0.29, 0.717) is 18.4 Å². The molecule has 4 heteroatoms. The lowest BCUT2D eigenvalue weighted by atomic mass is 9.90. The summed E-state index contributed by atoms with van der Waals surface area (Å²) in [6.45, 7) is 4.46. The summed E-state index contributed by atoms with van der Waals surface area (Å²) in [6, 6.07) is 8.27. The van der Waals surface area contributed by atoms with Gasteiger partial charge in [-0.05, 0) is 50.5 Å². The molecule has 3 rings (SSSR count). The molecule has 0 saturated heterocycles. The molecular formula is C20H28N2O2. The molecular weight excluding hydrogens is 300 g/mol. The monoisotopic (exact) mass is 328 g/mol. The molecule has 2 saturated carbocycles. The highest BCUT2D eigenvalue weighted by Gasteiger charge is 2.34. The Morgan fingerprint density at radius 3 is 2.33 bits per heavy atom. The number of nitrogens with zero attached hydrogens (tertiary/aromatic N) is 1. The van der Waals surface area contributed by atoms with Crippen molar-refractivity contribution in [2.75, 3.05) is 6.54 Å². The van der Waals surface area contributed by atoms with E-state index in [1.807, 2.05) is 31.2 Å². The van der Waals surface area contributed by atoms with Gasteiger partial charge in [0, 0.05) is 19.5 Å². The van der Waals surface area contributed by atoms with E-state index >= 15 is 0 Å². The number of hydrogen-bond acceptors (Lipinski definition) is 2. The van der Waals surface area contributed by atoms with Crippen LogP contribution in [0.4, 0.5) is 0 Å². The van der Waals surface area contributed by atoms with Crippen LogP contribution >= 0.6 is 0 Å². The normalized spacial score (nSPS) is 18.6. The second-order valence-corrected chi connectivity index (χ2v) is 7.44. The first-order chi connectivity index (χ1) is 11.5. The Kier molecular flexibility index (Phi) is 5.22. The number of carbonyl (C=O) groups excluding carboxylic acids is 2. The van der Waals surface area contributed by atoms with Crippen molar-refractivity contribution in [3.05, 3.63) is 35.4 Å². The lowest BCUT2D eigenvalue weighted by molar-refractivity contribution is -0.136. The van der Waals surface area contributed by atoms with E-state index in [1.165, 1.54) is 31.7 Å². The van der Waals surface area contributed by atoms with Gasteiger partial charge >= 0.3 is 0 Å². The van der Waals surface area contributed by atoms with Gasteiger partial charge in [-0.2, -0.15) is 0 Å². The molecule has 2 aliphatic rings. The summed E-state index contributed by atoms with van der Waals surface area (Å²) < 4.78 is 0. The van der Waals surface area contributed by atoms with Gasteiger partial charge in [0.25, 0.3) is 0 Å². The van der Waals surface area contributed by atoms with Crippen molar-refractivity contribution < 1.29 is 9.59 Å². The molecule has 2 fully saturated rings. The van der Waals surface area contributed by atoms with Crippen molar-refractivity contribution in [1.82, 2.24) is 10.2 Å². The summed E-state index contributed by atoms with van der Waals surface area (Å²) in [5.74, 6) is 0.796. The molecule has 1 aromatic rings. The third-order valence-corrected chi connectivity index (χ3v) is 5.22. The zero-order chi connectivity index (χ0) is 17.1. The molecule has 0 heterocycles. The van der Waals surface area contributed by atoms with Crippen molar-refractivity contribution in [3.8, 4) is 0 Å². The van der Waals surface area contributed by atoms with Crippen molar-refractivity contribution in [1.29, 1.82) is 0 Å². The molecule has 1 aromatic carbocycles. The molecule has 2 amide bonds. The minimum atomic E-state index is -0.239. The standard InChI is InChI=1S/C20H28N2O2/c1-14-6-10-17(11-7-14)19(21-15(2)23)12-20(24)22(13-16-8-9-16)18-4-3-5-18/h6-7,10-11,16,18-19H,3-5,8-9,12-13H2,1-2H3,(H,21,23)/t19-/m0/s1. The Balaban J connectivity index is 1.70. The molecule has 24 heavy (non-hydrogen) atoms. The minimum absolute atomic E-state index is 0.0919. The van der Waals surface area contributed by atoms with Crippen LogP contribution in [0.2, 0.25) is 0 Å². The van der Waals surface area contributed by atoms with Gasteiger partial charge in [-0.1, -0.05) is 29.8 Å². The molecule has 130 valence electrons. The van der Waals surface area contributed by atoms with Crippen LogP contribution in [0.3, 0.4) is 0 Å². The maximum Gasteiger partial charge on any atom is 0.225 e. The van der Waals surface area contributed by atoms with E-state index < -0.39 is 0 Å². The van der Waals surface area contributed by atoms with Gasteiger partial charge < -0.3 is 10.2 Å². The zero-order valence-electron chi connectivity index (χ0n) is 14.8. The topological polar surface area (TPSA) is 49.4 Å². The number of rotatable bonds is 7. The third kappa shape index (κ3) is 4.37. The van der Waals surface area contributed by atoms with Crippen LogP contribution in [-0.4, -0.2) is 29.3 Å². The average Bonchev–Trinajstić information content (AvgIpc) is 3.28. The van der Waals surface area contributed by atoms with Crippen LogP contribution in [0.5, 0.6) is 0 Å². The fourth-order valence-corrected chi connectivity index (χ4v) is 3.32. The first kappa shape index (κ1) is 17.0. The quantitative estimate of drug-likeness (QED) is 0.834. The van der Waals surface area contributed by atoms with Gasteiger partial charge in [0.1, 0.15) is 0 Å². The van der Waals surface area contributed by atoms with E-state index in [9.17, 15) is 9.59 Å². The van der Waals surface area contributed by atoms with Crippen LogP contribution in [0, 0.1) is 12.8 Å². The Morgan fingerprint density at radius 2 is 1.83 bits per heavy atom. The smallest absolute Gasteiger partial charge is 0.225 e. The molecule has 0 unspecified atom stereocenters. The fraction of sp³-hybridized carbons (Fsp3) is 0.600. The number of nitrogens with one attached hydrogen (secondary N) is 1.